The van der Waals surface area contributed by atoms with Crippen LogP contribution in [0.4, 0.5) is 5.82 Å². The topological polar surface area (TPSA) is 60.8 Å². The van der Waals surface area contributed by atoms with Crippen molar-refractivity contribution in [2.24, 2.45) is 0 Å². The Morgan fingerprint density at radius 2 is 1.90 bits per heavy atom. The third-order valence-electron chi connectivity index (χ3n) is 5.66. The molecule has 0 bridgehead atoms. The monoisotopic (exact) mass is 402 g/mol. The molecule has 0 aliphatic carbocycles. The van der Waals surface area contributed by atoms with Crippen LogP contribution in [0.15, 0.2) is 53.3 Å². The zero-order chi connectivity index (χ0) is 21.8. The molecule has 3 rings (SSSR count). The summed E-state index contributed by atoms with van der Waals surface area (Å²) in [6.07, 6.45) is 5.47. The van der Waals surface area contributed by atoms with Gasteiger partial charge in [-0.25, -0.2) is 4.98 Å². The van der Waals surface area contributed by atoms with Gasteiger partial charge < -0.3 is 16.0 Å². The summed E-state index contributed by atoms with van der Waals surface area (Å²) in [5, 5.41) is 15.1. The first-order valence-electron chi connectivity index (χ1n) is 10.9. The zero-order valence-electron chi connectivity index (χ0n) is 19.1. The van der Waals surface area contributed by atoms with Gasteiger partial charge in [-0.05, 0) is 81.9 Å². The predicted octanol–water partition coefficient (Wildman–Crippen LogP) is 5.88. The third kappa shape index (κ3) is 4.81. The summed E-state index contributed by atoms with van der Waals surface area (Å²) in [5.41, 5.74) is 9.24. The Balaban J connectivity index is 2.12. The Bertz CT molecular complexity index is 981. The van der Waals surface area contributed by atoms with Crippen molar-refractivity contribution in [3.05, 3.63) is 69.9 Å². The van der Waals surface area contributed by atoms with E-state index >= 15 is 0 Å². The van der Waals surface area contributed by atoms with Crippen LogP contribution in [0.2, 0.25) is 0 Å². The molecule has 1 aliphatic heterocycles. The van der Waals surface area contributed by atoms with Gasteiger partial charge in [0.1, 0.15) is 5.82 Å². The molecule has 1 unspecified atom stereocenters. The number of hydrogen-bond acceptors (Lipinski definition) is 4. The molecular weight excluding hydrogens is 368 g/mol. The van der Waals surface area contributed by atoms with E-state index < -0.39 is 0 Å². The molecule has 1 aliphatic rings. The Labute approximate surface area is 181 Å². The van der Waals surface area contributed by atoms with E-state index in [0.29, 0.717) is 0 Å². The van der Waals surface area contributed by atoms with Gasteiger partial charge in [0.15, 0.2) is 0 Å². The SMILES string of the molecule is CCc1ccc(-c2cc(CC3=C(C)C=C(C)NC3C)c(C=N)c(NC(C)C)n2)cc1. The molecule has 1 aromatic carbocycles. The maximum absolute atomic E-state index is 8.10. The fraction of sp³-hybridized carbons (Fsp3) is 0.385. The first-order valence-corrected chi connectivity index (χ1v) is 10.9. The molecule has 2 heterocycles. The molecular formula is C26H34N4. The van der Waals surface area contributed by atoms with Crippen molar-refractivity contribution < 1.29 is 0 Å². The maximum atomic E-state index is 8.10. The van der Waals surface area contributed by atoms with E-state index in [4.69, 9.17) is 10.4 Å². The Kier molecular flexibility index (Phi) is 6.76. The van der Waals surface area contributed by atoms with Gasteiger partial charge >= 0.3 is 0 Å². The molecule has 0 saturated carbocycles. The number of aryl methyl sites for hydroxylation is 1. The lowest BCUT2D eigenvalue weighted by Crippen LogP contribution is -2.31. The maximum Gasteiger partial charge on any atom is 0.135 e. The molecule has 0 saturated heterocycles. The van der Waals surface area contributed by atoms with E-state index in [0.717, 1.165) is 41.0 Å². The van der Waals surface area contributed by atoms with Gasteiger partial charge in [0.25, 0.3) is 0 Å². The van der Waals surface area contributed by atoms with Gasteiger partial charge in [0.05, 0.1) is 5.69 Å². The van der Waals surface area contributed by atoms with Crippen molar-refractivity contribution in [2.45, 2.75) is 66.5 Å². The van der Waals surface area contributed by atoms with Crippen molar-refractivity contribution in [2.75, 3.05) is 5.32 Å². The summed E-state index contributed by atoms with van der Waals surface area (Å²) in [7, 11) is 0. The van der Waals surface area contributed by atoms with Gasteiger partial charge in [-0.2, -0.15) is 0 Å². The van der Waals surface area contributed by atoms with E-state index in [2.05, 4.69) is 88.6 Å². The van der Waals surface area contributed by atoms with Crippen molar-refractivity contribution in [3.63, 3.8) is 0 Å². The van der Waals surface area contributed by atoms with Crippen LogP contribution in [-0.4, -0.2) is 23.3 Å². The molecule has 0 fully saturated rings. The molecule has 0 spiro atoms. The van der Waals surface area contributed by atoms with Crippen molar-refractivity contribution in [1.29, 1.82) is 5.41 Å². The highest BCUT2D eigenvalue weighted by Gasteiger charge is 2.20. The summed E-state index contributed by atoms with van der Waals surface area (Å²) in [4.78, 5) is 4.91. The lowest BCUT2D eigenvalue weighted by Gasteiger charge is -2.27. The summed E-state index contributed by atoms with van der Waals surface area (Å²) < 4.78 is 0. The van der Waals surface area contributed by atoms with Gasteiger partial charge in [0.2, 0.25) is 0 Å². The highest BCUT2D eigenvalue weighted by atomic mass is 15.0. The van der Waals surface area contributed by atoms with E-state index in [-0.39, 0.29) is 12.1 Å². The third-order valence-corrected chi connectivity index (χ3v) is 5.66. The van der Waals surface area contributed by atoms with Crippen LogP contribution in [0, 0.1) is 5.41 Å². The minimum absolute atomic E-state index is 0.239. The van der Waals surface area contributed by atoms with Gasteiger partial charge in [-0.15, -0.1) is 0 Å². The predicted molar refractivity (Wildman–Crippen MR) is 128 cm³/mol. The molecule has 30 heavy (non-hydrogen) atoms. The first-order chi connectivity index (χ1) is 14.3. The second-order valence-electron chi connectivity index (χ2n) is 8.50. The number of rotatable bonds is 7. The summed E-state index contributed by atoms with van der Waals surface area (Å²) in [6, 6.07) is 11.3. The highest BCUT2D eigenvalue weighted by molar-refractivity contribution is 5.88. The van der Waals surface area contributed by atoms with Crippen LogP contribution in [-0.2, 0) is 12.8 Å². The number of allylic oxidation sites excluding steroid dienone is 3. The van der Waals surface area contributed by atoms with E-state index in [1.807, 2.05) is 0 Å². The summed E-state index contributed by atoms with van der Waals surface area (Å²) in [5.74, 6) is 0.786. The molecule has 1 atom stereocenters. The second-order valence-corrected chi connectivity index (χ2v) is 8.50. The second kappa shape index (κ2) is 9.29. The molecule has 0 amide bonds. The number of nitrogens with zero attached hydrogens (tertiary/aromatic N) is 1. The molecule has 4 heteroatoms. The summed E-state index contributed by atoms with van der Waals surface area (Å²) >= 11 is 0. The number of benzene rings is 1. The molecule has 1 aromatic heterocycles. The van der Waals surface area contributed by atoms with Gasteiger partial charge in [-0.1, -0.05) is 31.2 Å². The summed E-state index contributed by atoms with van der Waals surface area (Å²) in [6.45, 7) is 12.9. The number of pyridine rings is 1. The van der Waals surface area contributed by atoms with Crippen molar-refractivity contribution >= 4 is 12.0 Å². The standard InChI is InChI=1S/C26H34N4/c1-7-20-8-10-21(11-9-20)25-14-22(24(15-27)26(30-25)28-16(2)3)13-23-17(4)12-18(5)29-19(23)6/h8-12,14-16,19,27,29H,7,13H2,1-6H3,(H,28,30). The lowest BCUT2D eigenvalue weighted by molar-refractivity contribution is 0.657. The first kappa shape index (κ1) is 21.8. The molecule has 3 N–H and O–H groups in total. The number of aromatic nitrogens is 1. The largest absolute Gasteiger partial charge is 0.382 e. The average molecular weight is 403 g/mol. The molecule has 2 aromatic rings. The minimum Gasteiger partial charge on any atom is -0.382 e. The number of anilines is 1. The zero-order valence-corrected chi connectivity index (χ0v) is 19.1. The molecule has 4 nitrogen and oxygen atoms in total. The molecule has 158 valence electrons. The Hall–Kier alpha value is -2.88. The van der Waals surface area contributed by atoms with Crippen LogP contribution in [0.1, 0.15) is 58.2 Å². The normalized spacial score (nSPS) is 16.4. The van der Waals surface area contributed by atoms with Crippen LogP contribution < -0.4 is 10.6 Å². The van der Waals surface area contributed by atoms with Gasteiger partial charge in [-0.3, -0.25) is 0 Å². The Morgan fingerprint density at radius 1 is 1.20 bits per heavy atom. The Morgan fingerprint density at radius 3 is 2.47 bits per heavy atom. The van der Waals surface area contributed by atoms with Crippen molar-refractivity contribution in [3.8, 4) is 11.3 Å². The quantitative estimate of drug-likeness (QED) is 0.507. The van der Waals surface area contributed by atoms with Crippen LogP contribution >= 0.6 is 0 Å². The van der Waals surface area contributed by atoms with Gasteiger partial charge in [0, 0.05) is 35.1 Å². The molecule has 0 radical (unpaired) electrons. The van der Waals surface area contributed by atoms with E-state index in [1.165, 1.54) is 28.6 Å². The van der Waals surface area contributed by atoms with Crippen LogP contribution in [0.25, 0.3) is 11.3 Å². The van der Waals surface area contributed by atoms with Crippen LogP contribution in [0.3, 0.4) is 0 Å². The highest BCUT2D eigenvalue weighted by Crippen LogP contribution is 2.30. The van der Waals surface area contributed by atoms with E-state index in [9.17, 15) is 0 Å². The smallest absolute Gasteiger partial charge is 0.135 e. The number of nitrogens with one attached hydrogen (secondary N) is 3. The fourth-order valence-electron chi connectivity index (χ4n) is 4.08. The van der Waals surface area contributed by atoms with Crippen molar-refractivity contribution in [1.82, 2.24) is 10.3 Å². The van der Waals surface area contributed by atoms with Crippen LogP contribution in [0.5, 0.6) is 0 Å². The lowest BCUT2D eigenvalue weighted by atomic mass is 9.90. The minimum atomic E-state index is 0.239. The average Bonchev–Trinajstić information content (AvgIpc) is 2.70. The van der Waals surface area contributed by atoms with E-state index in [1.54, 1.807) is 0 Å². The fourth-order valence-corrected chi connectivity index (χ4v) is 4.08. The number of hydrogen-bond donors (Lipinski definition) is 3. The number of dihydropyridines is 1.